The molecule has 0 spiro atoms. The molecule has 0 aliphatic carbocycles. The molecule has 0 aromatic carbocycles. The quantitative estimate of drug-likeness (QED) is 0.0449. The summed E-state index contributed by atoms with van der Waals surface area (Å²) in [5.74, 6) is 0.0371. The van der Waals surface area contributed by atoms with Crippen molar-refractivity contribution in [2.75, 3.05) is 6.61 Å². The van der Waals surface area contributed by atoms with Crippen LogP contribution in [0.5, 0.6) is 0 Å². The van der Waals surface area contributed by atoms with Crippen molar-refractivity contribution in [3.8, 4) is 0 Å². The zero-order valence-electron chi connectivity index (χ0n) is 45.7. The number of carbonyl (C=O) groups is 1. The molecule has 390 valence electrons. The molecule has 0 unspecified atom stereocenters. The fraction of sp³-hybridized carbons (Fsp3) is 0.984. The summed E-state index contributed by atoms with van der Waals surface area (Å²) in [7, 11) is 0. The van der Waals surface area contributed by atoms with Crippen LogP contribution in [-0.4, -0.2) is 12.6 Å². The Labute approximate surface area is 413 Å². The van der Waals surface area contributed by atoms with Crippen LogP contribution >= 0.6 is 0 Å². The van der Waals surface area contributed by atoms with Gasteiger partial charge in [0.05, 0.1) is 6.61 Å². The average molecular weight is 916 g/mol. The topological polar surface area (TPSA) is 26.3 Å². The van der Waals surface area contributed by atoms with E-state index in [2.05, 4.69) is 13.8 Å². The van der Waals surface area contributed by atoms with Crippen molar-refractivity contribution >= 4 is 5.97 Å². The smallest absolute Gasteiger partial charge is 0.305 e. The maximum Gasteiger partial charge on any atom is 0.305 e. The third kappa shape index (κ3) is 61.5. The number of hydrogen-bond donors (Lipinski definition) is 0. The molecule has 0 atom stereocenters. The molecule has 0 aromatic rings. The second-order valence-corrected chi connectivity index (χ2v) is 21.8. The molecule has 0 aromatic heterocycles. The van der Waals surface area contributed by atoms with Crippen molar-refractivity contribution in [2.24, 2.45) is 0 Å². The van der Waals surface area contributed by atoms with Gasteiger partial charge in [0.2, 0.25) is 0 Å². The Balaban J connectivity index is 3.14. The molecule has 0 rings (SSSR count). The van der Waals surface area contributed by atoms with Crippen molar-refractivity contribution in [1.82, 2.24) is 0 Å². The van der Waals surface area contributed by atoms with Crippen LogP contribution < -0.4 is 0 Å². The van der Waals surface area contributed by atoms with E-state index >= 15 is 0 Å². The molecule has 0 N–H and O–H groups in total. The molecule has 2 nitrogen and oxygen atoms in total. The van der Waals surface area contributed by atoms with Gasteiger partial charge in [-0.2, -0.15) is 0 Å². The van der Waals surface area contributed by atoms with E-state index in [1.165, 1.54) is 360 Å². The molecular formula is C63H126O2. The highest BCUT2D eigenvalue weighted by Crippen LogP contribution is 2.19. The Morgan fingerprint density at radius 3 is 0.508 bits per heavy atom. The van der Waals surface area contributed by atoms with Crippen LogP contribution in [0.3, 0.4) is 0 Å². The first kappa shape index (κ1) is 64.5. The van der Waals surface area contributed by atoms with Gasteiger partial charge in [-0.25, -0.2) is 0 Å². The predicted molar refractivity (Wildman–Crippen MR) is 295 cm³/mol. The van der Waals surface area contributed by atoms with Crippen LogP contribution in [0.2, 0.25) is 0 Å². The van der Waals surface area contributed by atoms with E-state index in [-0.39, 0.29) is 5.97 Å². The summed E-state index contributed by atoms with van der Waals surface area (Å²) in [5.41, 5.74) is 0. The van der Waals surface area contributed by atoms with Crippen LogP contribution in [0.15, 0.2) is 0 Å². The lowest BCUT2D eigenvalue weighted by Gasteiger charge is -2.06. The lowest BCUT2D eigenvalue weighted by Crippen LogP contribution is -2.05. The minimum atomic E-state index is 0.0371. The van der Waals surface area contributed by atoms with E-state index < -0.39 is 0 Å². The summed E-state index contributed by atoms with van der Waals surface area (Å²) in [4.78, 5) is 12.1. The third-order valence-electron chi connectivity index (χ3n) is 15.0. The highest BCUT2D eigenvalue weighted by atomic mass is 16.5. The highest BCUT2D eigenvalue weighted by molar-refractivity contribution is 5.69. The largest absolute Gasteiger partial charge is 0.466 e. The van der Waals surface area contributed by atoms with Gasteiger partial charge in [-0.1, -0.05) is 373 Å². The summed E-state index contributed by atoms with van der Waals surface area (Å²) in [6.45, 7) is 5.25. The average Bonchev–Trinajstić information content (AvgIpc) is 3.31. The van der Waals surface area contributed by atoms with E-state index in [4.69, 9.17) is 4.74 Å². The molecular weight excluding hydrogens is 789 g/mol. The molecule has 0 aliphatic rings. The third-order valence-corrected chi connectivity index (χ3v) is 15.0. The maximum absolute atomic E-state index is 12.1. The van der Waals surface area contributed by atoms with Gasteiger partial charge in [0.15, 0.2) is 0 Å². The van der Waals surface area contributed by atoms with E-state index in [1.807, 2.05) is 0 Å². The summed E-state index contributed by atoms with van der Waals surface area (Å²) >= 11 is 0. The van der Waals surface area contributed by atoms with Gasteiger partial charge in [0, 0.05) is 6.42 Å². The van der Waals surface area contributed by atoms with Gasteiger partial charge in [-0.05, 0) is 12.8 Å². The summed E-state index contributed by atoms with van der Waals surface area (Å²) in [6, 6.07) is 0. The van der Waals surface area contributed by atoms with Crippen LogP contribution in [0, 0.1) is 0 Å². The minimum absolute atomic E-state index is 0.0371. The molecule has 0 amide bonds. The molecule has 0 saturated carbocycles. The Morgan fingerprint density at radius 2 is 0.338 bits per heavy atom. The zero-order valence-corrected chi connectivity index (χ0v) is 45.7. The zero-order chi connectivity index (χ0) is 46.7. The van der Waals surface area contributed by atoms with Crippen molar-refractivity contribution in [2.45, 2.75) is 393 Å². The minimum Gasteiger partial charge on any atom is -0.466 e. The lowest BCUT2D eigenvalue weighted by atomic mass is 10.0. The van der Waals surface area contributed by atoms with Crippen LogP contribution in [0.25, 0.3) is 0 Å². The number of carbonyl (C=O) groups excluding carboxylic acids is 1. The Morgan fingerprint density at radius 1 is 0.200 bits per heavy atom. The van der Waals surface area contributed by atoms with Gasteiger partial charge in [0.1, 0.15) is 0 Å². The SMILES string of the molecule is CCCCCCCCCCCCCCCCCCCCCCCCCCCCCCCCCCCC(=O)OCCCCCCCCCCCCCCCCCCCCCCCCCCC. The van der Waals surface area contributed by atoms with Gasteiger partial charge >= 0.3 is 5.97 Å². The van der Waals surface area contributed by atoms with Gasteiger partial charge in [-0.3, -0.25) is 4.79 Å². The first-order chi connectivity index (χ1) is 32.3. The maximum atomic E-state index is 12.1. The molecule has 0 radical (unpaired) electrons. The van der Waals surface area contributed by atoms with Crippen molar-refractivity contribution < 1.29 is 9.53 Å². The van der Waals surface area contributed by atoms with Crippen molar-refractivity contribution in [3.63, 3.8) is 0 Å². The fourth-order valence-corrected chi connectivity index (χ4v) is 10.3. The standard InChI is InChI=1S/C63H126O2/c1-3-5-7-9-11-13-15-17-19-21-23-25-27-29-30-31-32-33-34-35-36-37-39-41-43-45-47-49-51-53-55-57-59-61-63(64)65-62-60-58-56-54-52-50-48-46-44-42-40-38-28-26-24-22-20-18-16-14-12-10-8-6-4-2/h3-62H2,1-2H3. The molecule has 2 heteroatoms. The lowest BCUT2D eigenvalue weighted by molar-refractivity contribution is -0.143. The first-order valence-electron chi connectivity index (χ1n) is 31.5. The van der Waals surface area contributed by atoms with E-state index in [1.54, 1.807) is 0 Å². The molecule has 0 fully saturated rings. The van der Waals surface area contributed by atoms with Crippen LogP contribution in [0.1, 0.15) is 393 Å². The summed E-state index contributed by atoms with van der Waals surface area (Å²) in [6.07, 6.45) is 83.2. The van der Waals surface area contributed by atoms with Gasteiger partial charge in [-0.15, -0.1) is 0 Å². The highest BCUT2D eigenvalue weighted by Gasteiger charge is 2.04. The van der Waals surface area contributed by atoms with Crippen LogP contribution in [0.4, 0.5) is 0 Å². The number of rotatable bonds is 60. The second-order valence-electron chi connectivity index (χ2n) is 21.8. The predicted octanol–water partition coefficient (Wildman–Crippen LogP) is 23.6. The van der Waals surface area contributed by atoms with Crippen molar-refractivity contribution in [3.05, 3.63) is 0 Å². The Hall–Kier alpha value is -0.530. The summed E-state index contributed by atoms with van der Waals surface area (Å²) < 4.78 is 5.52. The van der Waals surface area contributed by atoms with E-state index in [0.29, 0.717) is 13.0 Å². The molecule has 0 heterocycles. The van der Waals surface area contributed by atoms with Crippen LogP contribution in [-0.2, 0) is 9.53 Å². The van der Waals surface area contributed by atoms with Gasteiger partial charge in [0.25, 0.3) is 0 Å². The van der Waals surface area contributed by atoms with Crippen molar-refractivity contribution in [1.29, 1.82) is 0 Å². The first-order valence-corrected chi connectivity index (χ1v) is 31.5. The molecule has 0 bridgehead atoms. The summed E-state index contributed by atoms with van der Waals surface area (Å²) in [5, 5.41) is 0. The fourth-order valence-electron chi connectivity index (χ4n) is 10.3. The van der Waals surface area contributed by atoms with E-state index in [0.717, 1.165) is 12.8 Å². The number of esters is 1. The number of ether oxygens (including phenoxy) is 1. The number of hydrogen-bond acceptors (Lipinski definition) is 2. The normalized spacial score (nSPS) is 11.6. The van der Waals surface area contributed by atoms with Gasteiger partial charge < -0.3 is 4.74 Å². The molecule has 65 heavy (non-hydrogen) atoms. The number of unbranched alkanes of at least 4 members (excludes halogenated alkanes) is 56. The van der Waals surface area contributed by atoms with E-state index in [9.17, 15) is 4.79 Å². The second kappa shape index (κ2) is 61.5. The molecule has 0 saturated heterocycles. The molecule has 0 aliphatic heterocycles. The monoisotopic (exact) mass is 915 g/mol. The Bertz CT molecular complexity index is 822. The Kier molecular flexibility index (Phi) is 61.0.